The molecule has 0 aromatic heterocycles. The average molecular weight is 146 g/mol. The molecule has 0 fully saturated rings. The van der Waals surface area contributed by atoms with Crippen molar-refractivity contribution in [3.05, 3.63) is 42.3 Å². The van der Waals surface area contributed by atoms with Gasteiger partial charge >= 0.3 is 0 Å². The Kier molecular flexibility index (Phi) is 3.74. The molecule has 0 heteroatoms. The van der Waals surface area contributed by atoms with Crippen LogP contribution in [-0.2, 0) is 6.42 Å². The van der Waals surface area contributed by atoms with Gasteiger partial charge in [-0.25, -0.2) is 0 Å². The Labute approximate surface area is 69.3 Å². The minimum absolute atomic E-state index is 0.995. The molecule has 58 valence electrons. The van der Waals surface area contributed by atoms with Crippen LogP contribution in [0, 0.1) is 6.42 Å². The van der Waals surface area contributed by atoms with Crippen molar-refractivity contribution in [1.29, 1.82) is 0 Å². The summed E-state index contributed by atoms with van der Waals surface area (Å²) in [6.07, 6.45) is 6.65. The largest absolute Gasteiger partial charge is 0.0654 e. The van der Waals surface area contributed by atoms with E-state index >= 15 is 0 Å². The van der Waals surface area contributed by atoms with Gasteiger partial charge in [0.15, 0.2) is 0 Å². The summed E-state index contributed by atoms with van der Waals surface area (Å²) in [5.74, 6) is 0. The van der Waals surface area contributed by atoms with Crippen molar-refractivity contribution in [1.82, 2.24) is 0 Å². The Morgan fingerprint density at radius 2 is 1.91 bits per heavy atom. The highest BCUT2D eigenvalue weighted by Gasteiger charge is 1.90. The Morgan fingerprint density at radius 3 is 2.55 bits per heavy atom. The lowest BCUT2D eigenvalue weighted by molar-refractivity contribution is 0.864. The molecule has 0 nitrogen and oxygen atoms in total. The summed E-state index contributed by atoms with van der Waals surface area (Å²) in [5, 5.41) is 0. The van der Waals surface area contributed by atoms with E-state index in [0.29, 0.717) is 0 Å². The van der Waals surface area contributed by atoms with Crippen molar-refractivity contribution in [2.24, 2.45) is 0 Å². The van der Waals surface area contributed by atoms with E-state index in [0.717, 1.165) is 12.8 Å². The third-order valence-electron chi connectivity index (χ3n) is 1.60. The zero-order chi connectivity index (χ0) is 7.94. The van der Waals surface area contributed by atoms with Gasteiger partial charge in [0, 0.05) is 0 Å². The van der Waals surface area contributed by atoms with Crippen molar-refractivity contribution < 1.29 is 0 Å². The first kappa shape index (κ1) is 8.32. The summed E-state index contributed by atoms with van der Waals surface area (Å²) < 4.78 is 0. The first-order valence-electron chi connectivity index (χ1n) is 4.18. The SMILES string of the molecule is CCC[C]Cc1ccccc1. The van der Waals surface area contributed by atoms with Crippen molar-refractivity contribution in [2.75, 3.05) is 0 Å². The summed E-state index contributed by atoms with van der Waals surface area (Å²) in [4.78, 5) is 0. The number of hydrogen-bond acceptors (Lipinski definition) is 0. The van der Waals surface area contributed by atoms with Crippen LogP contribution in [0.5, 0.6) is 0 Å². The first-order chi connectivity index (χ1) is 5.43. The van der Waals surface area contributed by atoms with Crippen LogP contribution in [-0.4, -0.2) is 0 Å². The van der Waals surface area contributed by atoms with Gasteiger partial charge < -0.3 is 0 Å². The molecule has 0 aliphatic rings. The molecule has 0 spiro atoms. The predicted octanol–water partition coefficient (Wildman–Crippen LogP) is 3.11. The molecule has 0 atom stereocenters. The fourth-order valence-electron chi connectivity index (χ4n) is 1.01. The summed E-state index contributed by atoms with van der Waals surface area (Å²) in [7, 11) is 0. The number of unbranched alkanes of at least 4 members (excludes halogenated alkanes) is 2. The van der Waals surface area contributed by atoms with Crippen LogP contribution in [0.15, 0.2) is 30.3 Å². The second-order valence-corrected chi connectivity index (χ2v) is 2.66. The number of benzene rings is 1. The molecule has 1 rings (SSSR count). The van der Waals surface area contributed by atoms with Crippen LogP contribution >= 0.6 is 0 Å². The fraction of sp³-hybridized carbons (Fsp3) is 0.364. The normalized spacial score (nSPS) is 9.91. The second-order valence-electron chi connectivity index (χ2n) is 2.66. The molecule has 0 bridgehead atoms. The Balaban J connectivity index is 2.28. The monoisotopic (exact) mass is 146 g/mol. The molecule has 0 unspecified atom stereocenters. The molecule has 0 N–H and O–H groups in total. The molecular weight excluding hydrogens is 132 g/mol. The Bertz CT molecular complexity index is 176. The van der Waals surface area contributed by atoms with E-state index in [1.165, 1.54) is 12.0 Å². The van der Waals surface area contributed by atoms with Gasteiger partial charge in [0.05, 0.1) is 0 Å². The summed E-state index contributed by atoms with van der Waals surface area (Å²) in [6.45, 7) is 2.18. The molecule has 0 aliphatic heterocycles. The highest BCUT2D eigenvalue weighted by Crippen LogP contribution is 2.04. The first-order valence-corrected chi connectivity index (χ1v) is 4.18. The summed E-state index contributed by atoms with van der Waals surface area (Å²) in [5.41, 5.74) is 1.36. The van der Waals surface area contributed by atoms with Crippen LogP contribution in [0.25, 0.3) is 0 Å². The molecule has 0 saturated carbocycles. The summed E-state index contributed by atoms with van der Waals surface area (Å²) >= 11 is 0. The third-order valence-corrected chi connectivity index (χ3v) is 1.60. The molecule has 2 radical (unpaired) electrons. The quantitative estimate of drug-likeness (QED) is 0.572. The maximum absolute atomic E-state index is 3.35. The zero-order valence-corrected chi connectivity index (χ0v) is 7.01. The standard InChI is InChI=1S/C11H14/c1-2-3-5-8-11-9-6-4-7-10-11/h4,6-7,9-10H,2-3,8H2,1H3. The van der Waals surface area contributed by atoms with E-state index in [1.54, 1.807) is 0 Å². The molecule has 0 saturated heterocycles. The maximum atomic E-state index is 3.35. The van der Waals surface area contributed by atoms with Crippen molar-refractivity contribution >= 4 is 0 Å². The van der Waals surface area contributed by atoms with Crippen molar-refractivity contribution in [3.8, 4) is 0 Å². The van der Waals surface area contributed by atoms with E-state index in [4.69, 9.17) is 0 Å². The molecule has 0 amide bonds. The lowest BCUT2D eigenvalue weighted by Gasteiger charge is -1.97. The van der Waals surface area contributed by atoms with Gasteiger partial charge in [-0.3, -0.25) is 0 Å². The third kappa shape index (κ3) is 3.22. The van der Waals surface area contributed by atoms with Crippen LogP contribution in [0.3, 0.4) is 0 Å². The lowest BCUT2D eigenvalue weighted by atomic mass is 10.1. The summed E-state index contributed by atoms with van der Waals surface area (Å²) in [6, 6.07) is 10.5. The predicted molar refractivity (Wildman–Crippen MR) is 48.3 cm³/mol. The van der Waals surface area contributed by atoms with Crippen molar-refractivity contribution in [2.45, 2.75) is 26.2 Å². The number of rotatable bonds is 4. The van der Waals surface area contributed by atoms with Crippen LogP contribution in [0.4, 0.5) is 0 Å². The minimum atomic E-state index is 0.995. The highest BCUT2D eigenvalue weighted by atomic mass is 13.9. The van der Waals surface area contributed by atoms with Gasteiger partial charge in [0.2, 0.25) is 0 Å². The molecular formula is C11H14. The minimum Gasteiger partial charge on any atom is -0.0654 e. The maximum Gasteiger partial charge on any atom is -0.0127 e. The van der Waals surface area contributed by atoms with E-state index in [-0.39, 0.29) is 0 Å². The van der Waals surface area contributed by atoms with Crippen molar-refractivity contribution in [3.63, 3.8) is 0 Å². The van der Waals surface area contributed by atoms with Gasteiger partial charge in [-0.2, -0.15) is 0 Å². The van der Waals surface area contributed by atoms with Crippen LogP contribution in [0.2, 0.25) is 0 Å². The van der Waals surface area contributed by atoms with Gasteiger partial charge in [-0.15, -0.1) is 0 Å². The number of hydrogen-bond donors (Lipinski definition) is 0. The highest BCUT2D eigenvalue weighted by molar-refractivity contribution is 5.16. The van der Waals surface area contributed by atoms with Crippen LogP contribution < -0.4 is 0 Å². The van der Waals surface area contributed by atoms with Gasteiger partial charge in [-0.05, 0) is 24.8 Å². The van der Waals surface area contributed by atoms with Gasteiger partial charge in [-0.1, -0.05) is 43.7 Å². The molecule has 11 heavy (non-hydrogen) atoms. The molecule has 0 aliphatic carbocycles. The van der Waals surface area contributed by atoms with E-state index in [2.05, 4.69) is 37.6 Å². The Hall–Kier alpha value is -0.780. The van der Waals surface area contributed by atoms with E-state index < -0.39 is 0 Å². The topological polar surface area (TPSA) is 0 Å². The van der Waals surface area contributed by atoms with E-state index in [9.17, 15) is 0 Å². The fourth-order valence-corrected chi connectivity index (χ4v) is 1.01. The van der Waals surface area contributed by atoms with Crippen LogP contribution in [0.1, 0.15) is 25.3 Å². The average Bonchev–Trinajstić information content (AvgIpc) is 2.07. The lowest BCUT2D eigenvalue weighted by Crippen LogP contribution is -1.84. The second kappa shape index (κ2) is 4.95. The van der Waals surface area contributed by atoms with E-state index in [1.807, 2.05) is 6.07 Å². The van der Waals surface area contributed by atoms with Gasteiger partial charge in [0.1, 0.15) is 0 Å². The molecule has 1 aromatic rings. The smallest absolute Gasteiger partial charge is 0.0127 e. The molecule has 0 heterocycles. The Morgan fingerprint density at radius 1 is 1.18 bits per heavy atom. The van der Waals surface area contributed by atoms with Gasteiger partial charge in [0.25, 0.3) is 0 Å². The molecule has 1 aromatic carbocycles. The zero-order valence-electron chi connectivity index (χ0n) is 7.01.